The van der Waals surface area contributed by atoms with Gasteiger partial charge in [0.15, 0.2) is 0 Å². The quantitative estimate of drug-likeness (QED) is 0.791. The molecule has 2 aromatic rings. The van der Waals surface area contributed by atoms with Crippen LogP contribution in [0, 0.1) is 0 Å². The normalized spacial score (nSPS) is 11.3. The van der Waals surface area contributed by atoms with Crippen molar-refractivity contribution in [2.75, 3.05) is 13.6 Å². The highest BCUT2D eigenvalue weighted by Crippen LogP contribution is 2.09. The van der Waals surface area contributed by atoms with Crippen molar-refractivity contribution in [1.29, 1.82) is 0 Å². The maximum atomic E-state index is 4.50. The zero-order chi connectivity index (χ0) is 11.2. The minimum atomic E-state index is 0.912. The molecule has 3 nitrogen and oxygen atoms in total. The summed E-state index contributed by atoms with van der Waals surface area (Å²) in [6.07, 6.45) is 6.93. The largest absolute Gasteiger partial charge is 0.319 e. The smallest absolute Gasteiger partial charge is 0.0894 e. The van der Waals surface area contributed by atoms with Gasteiger partial charge in [0.25, 0.3) is 0 Å². The molecule has 0 unspecified atom stereocenters. The highest BCUT2D eigenvalue weighted by Gasteiger charge is 1.95. The highest BCUT2D eigenvalue weighted by molar-refractivity contribution is 5.74. The number of rotatable bonds is 4. The van der Waals surface area contributed by atoms with Gasteiger partial charge in [-0.05, 0) is 38.2 Å². The van der Waals surface area contributed by atoms with Gasteiger partial charge in [0.1, 0.15) is 0 Å². The first kappa shape index (κ1) is 10.8. The number of benzene rings is 1. The molecule has 0 saturated carbocycles. The lowest BCUT2D eigenvalue weighted by molar-refractivity contribution is 0.809. The predicted octanol–water partition coefficient (Wildman–Crippen LogP) is 2.25. The number of hydrogen-bond acceptors (Lipinski definition) is 3. The van der Waals surface area contributed by atoms with Crippen LogP contribution in [0.3, 0.4) is 0 Å². The lowest BCUT2D eigenvalue weighted by atomic mass is 10.3. The summed E-state index contributed by atoms with van der Waals surface area (Å²) in [6, 6.07) is 7.90. The molecule has 16 heavy (non-hydrogen) atoms. The predicted molar refractivity (Wildman–Crippen MR) is 67.1 cm³/mol. The summed E-state index contributed by atoms with van der Waals surface area (Å²) in [5.41, 5.74) is 2.79. The summed E-state index contributed by atoms with van der Waals surface area (Å²) >= 11 is 0. The van der Waals surface area contributed by atoms with Gasteiger partial charge in [-0.25, -0.2) is 4.98 Å². The second kappa shape index (κ2) is 5.37. The van der Waals surface area contributed by atoms with E-state index in [0.29, 0.717) is 0 Å². The molecular weight excluding hydrogens is 198 g/mol. The van der Waals surface area contributed by atoms with Crippen LogP contribution < -0.4 is 5.32 Å². The molecule has 0 spiro atoms. The van der Waals surface area contributed by atoms with E-state index in [2.05, 4.69) is 21.4 Å². The van der Waals surface area contributed by atoms with Gasteiger partial charge in [-0.15, -0.1) is 0 Å². The van der Waals surface area contributed by atoms with Gasteiger partial charge in [0, 0.05) is 0 Å². The number of aromatic nitrogens is 2. The summed E-state index contributed by atoms with van der Waals surface area (Å²) < 4.78 is 0. The molecule has 0 amide bonds. The zero-order valence-corrected chi connectivity index (χ0v) is 9.35. The lowest BCUT2D eigenvalue weighted by Crippen LogP contribution is -2.05. The molecule has 0 aliphatic rings. The second-order valence-corrected chi connectivity index (χ2v) is 3.58. The van der Waals surface area contributed by atoms with E-state index in [4.69, 9.17) is 0 Å². The van der Waals surface area contributed by atoms with Crippen LogP contribution in [0.15, 0.2) is 36.5 Å². The van der Waals surface area contributed by atoms with Gasteiger partial charge in [-0.3, -0.25) is 4.98 Å². The molecule has 1 aromatic carbocycles. The van der Waals surface area contributed by atoms with Crippen LogP contribution in [0.5, 0.6) is 0 Å². The number of hydrogen-bond donors (Lipinski definition) is 1. The molecule has 2 rings (SSSR count). The van der Waals surface area contributed by atoms with Crippen LogP contribution >= 0.6 is 0 Å². The summed E-state index contributed by atoms with van der Waals surface area (Å²) in [4.78, 5) is 8.85. The van der Waals surface area contributed by atoms with Gasteiger partial charge in [-0.2, -0.15) is 0 Å². The van der Waals surface area contributed by atoms with Crippen LogP contribution in [0.1, 0.15) is 12.1 Å². The van der Waals surface area contributed by atoms with Crippen molar-refractivity contribution in [2.24, 2.45) is 0 Å². The number of para-hydroxylation sites is 2. The minimum absolute atomic E-state index is 0.912. The van der Waals surface area contributed by atoms with Gasteiger partial charge in [-0.1, -0.05) is 18.2 Å². The van der Waals surface area contributed by atoms with E-state index in [1.54, 1.807) is 6.20 Å². The SMILES string of the molecule is CNCCC=Cc1cnc2ccccc2n1. The van der Waals surface area contributed by atoms with E-state index < -0.39 is 0 Å². The van der Waals surface area contributed by atoms with Crippen LogP contribution in [0.4, 0.5) is 0 Å². The van der Waals surface area contributed by atoms with Crippen molar-refractivity contribution in [3.8, 4) is 0 Å². The molecule has 1 heterocycles. The van der Waals surface area contributed by atoms with Gasteiger partial charge >= 0.3 is 0 Å². The van der Waals surface area contributed by atoms with Crippen molar-refractivity contribution in [1.82, 2.24) is 15.3 Å². The van der Waals surface area contributed by atoms with Crippen LogP contribution in [-0.2, 0) is 0 Å². The fourth-order valence-corrected chi connectivity index (χ4v) is 1.48. The van der Waals surface area contributed by atoms with E-state index >= 15 is 0 Å². The Balaban J connectivity index is 2.16. The molecule has 0 atom stereocenters. The summed E-state index contributed by atoms with van der Waals surface area (Å²) in [5.74, 6) is 0. The fourth-order valence-electron chi connectivity index (χ4n) is 1.48. The number of nitrogens with zero attached hydrogens (tertiary/aromatic N) is 2. The molecule has 0 aliphatic heterocycles. The topological polar surface area (TPSA) is 37.8 Å². The monoisotopic (exact) mass is 213 g/mol. The Morgan fingerprint density at radius 2 is 2.06 bits per heavy atom. The summed E-state index contributed by atoms with van der Waals surface area (Å²) in [5, 5.41) is 3.10. The molecule has 1 N–H and O–H groups in total. The average Bonchev–Trinajstić information content (AvgIpc) is 2.34. The molecule has 0 aliphatic carbocycles. The Bertz CT molecular complexity index is 491. The lowest BCUT2D eigenvalue weighted by Gasteiger charge is -1.97. The Morgan fingerprint density at radius 3 is 2.88 bits per heavy atom. The van der Waals surface area contributed by atoms with E-state index in [-0.39, 0.29) is 0 Å². The molecule has 0 bridgehead atoms. The first-order chi connectivity index (χ1) is 7.90. The average molecular weight is 213 g/mol. The van der Waals surface area contributed by atoms with Crippen molar-refractivity contribution < 1.29 is 0 Å². The third-order valence-electron chi connectivity index (χ3n) is 2.32. The number of nitrogens with one attached hydrogen (secondary N) is 1. The fraction of sp³-hybridized carbons (Fsp3) is 0.231. The van der Waals surface area contributed by atoms with Gasteiger partial charge in [0.05, 0.1) is 22.9 Å². The van der Waals surface area contributed by atoms with Crippen LogP contribution in [0.2, 0.25) is 0 Å². The zero-order valence-electron chi connectivity index (χ0n) is 9.35. The van der Waals surface area contributed by atoms with Crippen LogP contribution in [0.25, 0.3) is 17.1 Å². The Kier molecular flexibility index (Phi) is 3.62. The van der Waals surface area contributed by atoms with Crippen molar-refractivity contribution in [2.45, 2.75) is 6.42 Å². The molecule has 3 heteroatoms. The standard InChI is InChI=1S/C13H15N3/c1-14-9-5-4-6-11-10-15-12-7-2-3-8-13(12)16-11/h2-4,6-8,10,14H,5,9H2,1H3. The first-order valence-corrected chi connectivity index (χ1v) is 5.43. The van der Waals surface area contributed by atoms with E-state index in [1.807, 2.05) is 37.4 Å². The van der Waals surface area contributed by atoms with E-state index in [1.165, 1.54) is 0 Å². The van der Waals surface area contributed by atoms with Crippen molar-refractivity contribution >= 4 is 17.1 Å². The van der Waals surface area contributed by atoms with Crippen LogP contribution in [-0.4, -0.2) is 23.6 Å². The third-order valence-corrected chi connectivity index (χ3v) is 2.32. The Hall–Kier alpha value is -1.74. The maximum Gasteiger partial charge on any atom is 0.0894 e. The van der Waals surface area contributed by atoms with Gasteiger partial charge < -0.3 is 5.32 Å². The third kappa shape index (κ3) is 2.64. The molecular formula is C13H15N3. The molecule has 1 aromatic heterocycles. The van der Waals surface area contributed by atoms with E-state index in [0.717, 1.165) is 29.7 Å². The molecule has 0 radical (unpaired) electrons. The van der Waals surface area contributed by atoms with E-state index in [9.17, 15) is 0 Å². The molecule has 0 fully saturated rings. The minimum Gasteiger partial charge on any atom is -0.319 e. The second-order valence-electron chi connectivity index (χ2n) is 3.58. The first-order valence-electron chi connectivity index (χ1n) is 5.43. The highest BCUT2D eigenvalue weighted by atomic mass is 14.8. The Labute approximate surface area is 95.2 Å². The summed E-state index contributed by atoms with van der Waals surface area (Å²) in [6.45, 7) is 0.984. The maximum absolute atomic E-state index is 4.50. The molecule has 0 saturated heterocycles. The number of fused-ring (bicyclic) bond motifs is 1. The van der Waals surface area contributed by atoms with Gasteiger partial charge in [0.2, 0.25) is 0 Å². The molecule has 82 valence electrons. The summed E-state index contributed by atoms with van der Waals surface area (Å²) in [7, 11) is 1.95. The van der Waals surface area contributed by atoms with Crippen molar-refractivity contribution in [3.05, 3.63) is 42.2 Å². The Morgan fingerprint density at radius 1 is 1.25 bits per heavy atom. The van der Waals surface area contributed by atoms with Crippen molar-refractivity contribution in [3.63, 3.8) is 0 Å².